The zero-order valence-corrected chi connectivity index (χ0v) is 18.3. The third-order valence-electron chi connectivity index (χ3n) is 4.87. The minimum Gasteiger partial charge on any atom is -0.482 e. The number of nitrogens with one attached hydrogen (secondary N) is 2. The van der Waals surface area contributed by atoms with E-state index in [1.54, 1.807) is 24.3 Å². The fraction of sp³-hybridized carbons (Fsp3) is 0.333. The van der Waals surface area contributed by atoms with E-state index < -0.39 is 21.8 Å². The lowest BCUT2D eigenvalue weighted by Gasteiger charge is -2.14. The second-order valence-electron chi connectivity index (χ2n) is 7.37. The lowest BCUT2D eigenvalue weighted by atomic mass is 10.1. The van der Waals surface area contributed by atoms with Crippen LogP contribution in [0.25, 0.3) is 0 Å². The molecule has 0 heterocycles. The SMILES string of the molecule is NC(=O)Cc1ccc(NC(=O)COc2ccc(S(=O)(=O)NC3CCCC3)cc2Cl)cc1. The molecule has 1 aliphatic rings. The standard InChI is InChI=1S/C21H24ClN3O5S/c22-18-12-17(31(28,29)25-16-3-1-2-4-16)9-10-19(18)30-13-21(27)24-15-7-5-14(6-8-15)11-20(23)26/h5-10,12,16,25H,1-4,11,13H2,(H2,23,26)(H,24,27). The van der Waals surface area contributed by atoms with Crippen molar-refractivity contribution in [2.24, 2.45) is 5.73 Å². The third kappa shape index (κ3) is 6.68. The molecular weight excluding hydrogens is 442 g/mol. The Hall–Kier alpha value is -2.62. The number of sulfonamides is 1. The van der Waals surface area contributed by atoms with Gasteiger partial charge in [-0.2, -0.15) is 0 Å². The maximum atomic E-state index is 12.5. The van der Waals surface area contributed by atoms with Gasteiger partial charge in [0.05, 0.1) is 16.3 Å². The van der Waals surface area contributed by atoms with Gasteiger partial charge in [0.1, 0.15) is 5.75 Å². The first-order chi connectivity index (χ1) is 14.7. The molecule has 1 fully saturated rings. The van der Waals surface area contributed by atoms with Crippen molar-refractivity contribution < 1.29 is 22.7 Å². The minimum atomic E-state index is -3.66. The molecule has 0 spiro atoms. The van der Waals surface area contributed by atoms with Crippen LogP contribution in [0.4, 0.5) is 5.69 Å². The Morgan fingerprint density at radius 1 is 1.10 bits per heavy atom. The number of hydrogen-bond donors (Lipinski definition) is 3. The third-order valence-corrected chi connectivity index (χ3v) is 6.68. The number of benzene rings is 2. The monoisotopic (exact) mass is 465 g/mol. The van der Waals surface area contributed by atoms with Crippen LogP contribution in [0.2, 0.25) is 5.02 Å². The van der Waals surface area contributed by atoms with Gasteiger partial charge < -0.3 is 15.8 Å². The van der Waals surface area contributed by atoms with Gasteiger partial charge in [0.15, 0.2) is 6.61 Å². The van der Waals surface area contributed by atoms with E-state index in [0.717, 1.165) is 31.2 Å². The summed E-state index contributed by atoms with van der Waals surface area (Å²) < 4.78 is 33.1. The second kappa shape index (κ2) is 10.1. The first-order valence-electron chi connectivity index (χ1n) is 9.85. The van der Waals surface area contributed by atoms with Crippen LogP contribution in [0.3, 0.4) is 0 Å². The van der Waals surface area contributed by atoms with Crippen molar-refractivity contribution in [2.45, 2.75) is 43.0 Å². The van der Waals surface area contributed by atoms with Gasteiger partial charge in [0.2, 0.25) is 15.9 Å². The van der Waals surface area contributed by atoms with Gasteiger partial charge in [0, 0.05) is 11.7 Å². The molecule has 1 aliphatic carbocycles. The highest BCUT2D eigenvalue weighted by molar-refractivity contribution is 7.89. The fourth-order valence-corrected chi connectivity index (χ4v) is 4.97. The molecule has 0 aliphatic heterocycles. The van der Waals surface area contributed by atoms with Gasteiger partial charge >= 0.3 is 0 Å². The lowest BCUT2D eigenvalue weighted by Crippen LogP contribution is -2.32. The average Bonchev–Trinajstić information content (AvgIpc) is 3.20. The summed E-state index contributed by atoms with van der Waals surface area (Å²) in [6.07, 6.45) is 3.81. The second-order valence-corrected chi connectivity index (χ2v) is 9.49. The molecule has 2 aromatic rings. The predicted octanol–water partition coefficient (Wildman–Crippen LogP) is 2.61. The molecule has 31 heavy (non-hydrogen) atoms. The van der Waals surface area contributed by atoms with Crippen LogP contribution in [-0.2, 0) is 26.0 Å². The van der Waals surface area contributed by atoms with Gasteiger partial charge in [-0.05, 0) is 48.7 Å². The topological polar surface area (TPSA) is 128 Å². The first-order valence-corrected chi connectivity index (χ1v) is 11.7. The van der Waals surface area contributed by atoms with Gasteiger partial charge in [-0.3, -0.25) is 9.59 Å². The zero-order chi connectivity index (χ0) is 22.4. The quantitative estimate of drug-likeness (QED) is 0.524. The van der Waals surface area contributed by atoms with Crippen molar-refractivity contribution in [3.05, 3.63) is 53.1 Å². The maximum Gasteiger partial charge on any atom is 0.262 e. The van der Waals surface area contributed by atoms with Gasteiger partial charge in [-0.15, -0.1) is 0 Å². The number of carbonyl (C=O) groups is 2. The summed E-state index contributed by atoms with van der Waals surface area (Å²) in [6, 6.07) is 10.8. The van der Waals surface area contributed by atoms with Crippen LogP contribution in [0.5, 0.6) is 5.75 Å². The smallest absolute Gasteiger partial charge is 0.262 e. The summed E-state index contributed by atoms with van der Waals surface area (Å²) in [6.45, 7) is -0.310. The van der Waals surface area contributed by atoms with Gasteiger partial charge in [-0.25, -0.2) is 13.1 Å². The molecule has 0 radical (unpaired) electrons. The number of primary amides is 1. The number of halogens is 1. The number of rotatable bonds is 9. The number of ether oxygens (including phenoxy) is 1. The van der Waals surface area contributed by atoms with Crippen LogP contribution in [0, 0.1) is 0 Å². The lowest BCUT2D eigenvalue weighted by molar-refractivity contribution is -0.118. The Morgan fingerprint density at radius 3 is 2.39 bits per heavy atom. The maximum absolute atomic E-state index is 12.5. The highest BCUT2D eigenvalue weighted by atomic mass is 35.5. The van der Waals surface area contributed by atoms with Crippen LogP contribution in [0.15, 0.2) is 47.4 Å². The van der Waals surface area contributed by atoms with E-state index in [1.165, 1.54) is 18.2 Å². The highest BCUT2D eigenvalue weighted by Gasteiger charge is 2.23. The molecule has 0 atom stereocenters. The summed E-state index contributed by atoms with van der Waals surface area (Å²) in [5.74, 6) is -0.651. The summed E-state index contributed by atoms with van der Waals surface area (Å²) in [5.41, 5.74) is 6.42. The van der Waals surface area contributed by atoms with E-state index in [2.05, 4.69) is 10.0 Å². The summed E-state index contributed by atoms with van der Waals surface area (Å²) in [5, 5.41) is 2.75. The molecule has 2 amide bonds. The largest absolute Gasteiger partial charge is 0.482 e. The van der Waals surface area contributed by atoms with Crippen molar-refractivity contribution in [3.63, 3.8) is 0 Å². The number of amides is 2. The number of carbonyl (C=O) groups excluding carboxylic acids is 2. The summed E-state index contributed by atoms with van der Waals surface area (Å²) >= 11 is 6.17. The normalized spacial score (nSPS) is 14.4. The summed E-state index contributed by atoms with van der Waals surface area (Å²) in [4.78, 5) is 23.1. The molecule has 0 unspecified atom stereocenters. The van der Waals surface area contributed by atoms with E-state index in [0.29, 0.717) is 5.69 Å². The molecule has 3 rings (SSSR count). The Bertz CT molecular complexity index is 1050. The molecule has 10 heteroatoms. The number of nitrogens with two attached hydrogens (primary N) is 1. The van der Waals surface area contributed by atoms with E-state index in [9.17, 15) is 18.0 Å². The van der Waals surface area contributed by atoms with E-state index >= 15 is 0 Å². The Morgan fingerprint density at radius 2 is 1.77 bits per heavy atom. The Balaban J connectivity index is 1.55. The molecule has 4 N–H and O–H groups in total. The molecule has 166 valence electrons. The molecule has 1 saturated carbocycles. The summed E-state index contributed by atoms with van der Waals surface area (Å²) in [7, 11) is -3.66. The average molecular weight is 466 g/mol. The first kappa shape index (κ1) is 23.1. The van der Waals surface area contributed by atoms with Gasteiger partial charge in [0.25, 0.3) is 5.91 Å². The highest BCUT2D eigenvalue weighted by Crippen LogP contribution is 2.28. The van der Waals surface area contributed by atoms with Crippen LogP contribution in [-0.4, -0.2) is 32.9 Å². The van der Waals surface area contributed by atoms with Crippen LogP contribution >= 0.6 is 11.6 Å². The van der Waals surface area contributed by atoms with Crippen molar-refractivity contribution in [2.75, 3.05) is 11.9 Å². The zero-order valence-electron chi connectivity index (χ0n) is 16.8. The van der Waals surface area contributed by atoms with Crippen molar-refractivity contribution in [1.82, 2.24) is 4.72 Å². The molecule has 2 aromatic carbocycles. The molecular formula is C21H24ClN3O5S. The molecule has 0 aromatic heterocycles. The van der Waals surface area contributed by atoms with E-state index in [4.69, 9.17) is 22.1 Å². The molecule has 0 bridgehead atoms. The molecule has 0 saturated heterocycles. The Labute approximate surface area is 186 Å². The van der Waals surface area contributed by atoms with Crippen LogP contribution in [0.1, 0.15) is 31.2 Å². The van der Waals surface area contributed by atoms with Crippen molar-refractivity contribution >= 4 is 39.1 Å². The Kier molecular flexibility index (Phi) is 7.53. The van der Waals surface area contributed by atoms with E-state index in [1.807, 2.05) is 0 Å². The van der Waals surface area contributed by atoms with Crippen LogP contribution < -0.4 is 20.5 Å². The van der Waals surface area contributed by atoms with Gasteiger partial charge in [-0.1, -0.05) is 36.6 Å². The molecule has 8 nitrogen and oxygen atoms in total. The fourth-order valence-electron chi connectivity index (χ4n) is 3.34. The number of hydrogen-bond acceptors (Lipinski definition) is 5. The van der Waals surface area contributed by atoms with E-state index in [-0.39, 0.29) is 34.7 Å². The van der Waals surface area contributed by atoms with Crippen molar-refractivity contribution in [3.8, 4) is 5.75 Å². The number of anilines is 1. The minimum absolute atomic E-state index is 0.0479. The predicted molar refractivity (Wildman–Crippen MR) is 117 cm³/mol. The van der Waals surface area contributed by atoms with Crippen molar-refractivity contribution in [1.29, 1.82) is 0 Å².